The number of aryl methyl sites for hydroxylation is 1. The van der Waals surface area contributed by atoms with Crippen LogP contribution in [0.25, 0.3) is 0 Å². The van der Waals surface area contributed by atoms with E-state index >= 15 is 0 Å². The molecule has 1 aromatic rings. The molecule has 0 radical (unpaired) electrons. The molecule has 2 rings (SSSR count). The fraction of sp³-hybridized carbons (Fsp3) is 0.647. The Morgan fingerprint density at radius 2 is 1.95 bits per heavy atom. The molecule has 2 heteroatoms. The summed E-state index contributed by atoms with van der Waals surface area (Å²) >= 11 is 0. The molecule has 0 saturated carbocycles. The number of hydrogen-bond acceptors (Lipinski definition) is 2. The number of nitrogens with one attached hydrogen (secondary N) is 1. The smallest absolute Gasteiger partial charge is 0.0957 e. The summed E-state index contributed by atoms with van der Waals surface area (Å²) in [6.45, 7) is 8.55. The van der Waals surface area contributed by atoms with E-state index in [1.807, 2.05) is 0 Å². The van der Waals surface area contributed by atoms with E-state index in [2.05, 4.69) is 50.4 Å². The molecule has 1 aliphatic rings. The first-order valence-corrected chi connectivity index (χ1v) is 7.64. The molecule has 1 N–H and O–H groups in total. The Labute approximate surface area is 117 Å². The number of ether oxygens (including phenoxy) is 1. The summed E-state index contributed by atoms with van der Waals surface area (Å²) in [6.07, 6.45) is 4.85. The highest BCUT2D eigenvalue weighted by atomic mass is 16.5. The topological polar surface area (TPSA) is 21.3 Å². The Bertz CT molecular complexity index is 383. The monoisotopic (exact) mass is 261 g/mol. The summed E-state index contributed by atoms with van der Waals surface area (Å²) in [5.74, 6) is 0. The maximum Gasteiger partial charge on any atom is 0.0957 e. The van der Waals surface area contributed by atoms with Crippen molar-refractivity contribution in [3.8, 4) is 0 Å². The fourth-order valence-electron chi connectivity index (χ4n) is 2.94. The van der Waals surface area contributed by atoms with Crippen molar-refractivity contribution in [2.75, 3.05) is 13.1 Å². The van der Waals surface area contributed by atoms with Crippen LogP contribution in [0.1, 0.15) is 57.3 Å². The molecule has 0 aromatic heterocycles. The van der Waals surface area contributed by atoms with Gasteiger partial charge in [-0.2, -0.15) is 0 Å². The van der Waals surface area contributed by atoms with E-state index in [0.29, 0.717) is 0 Å². The third-order valence-electron chi connectivity index (χ3n) is 3.92. The van der Waals surface area contributed by atoms with Crippen LogP contribution in [0, 0.1) is 0 Å². The van der Waals surface area contributed by atoms with Crippen molar-refractivity contribution in [1.82, 2.24) is 5.32 Å². The predicted molar refractivity (Wildman–Crippen MR) is 80.4 cm³/mol. The van der Waals surface area contributed by atoms with Gasteiger partial charge in [-0.15, -0.1) is 0 Å². The summed E-state index contributed by atoms with van der Waals surface area (Å²) in [5.41, 5.74) is 2.71. The molecule has 1 aromatic carbocycles. The lowest BCUT2D eigenvalue weighted by Gasteiger charge is -2.39. The molecule has 0 spiro atoms. The van der Waals surface area contributed by atoms with Gasteiger partial charge < -0.3 is 10.1 Å². The summed E-state index contributed by atoms with van der Waals surface area (Å²) in [6, 6.07) is 8.95. The van der Waals surface area contributed by atoms with Gasteiger partial charge in [0.05, 0.1) is 11.7 Å². The Hall–Kier alpha value is -0.860. The Morgan fingerprint density at radius 3 is 2.58 bits per heavy atom. The van der Waals surface area contributed by atoms with Crippen molar-refractivity contribution < 1.29 is 4.74 Å². The van der Waals surface area contributed by atoms with Crippen LogP contribution in [-0.2, 0) is 11.2 Å². The van der Waals surface area contributed by atoms with Crippen molar-refractivity contribution >= 4 is 0 Å². The fourth-order valence-corrected chi connectivity index (χ4v) is 2.94. The van der Waals surface area contributed by atoms with Gasteiger partial charge in [-0.25, -0.2) is 0 Å². The van der Waals surface area contributed by atoms with Gasteiger partial charge in [-0.1, -0.05) is 51.0 Å². The Morgan fingerprint density at radius 1 is 1.21 bits per heavy atom. The molecule has 1 fully saturated rings. The third-order valence-corrected chi connectivity index (χ3v) is 3.92. The van der Waals surface area contributed by atoms with Crippen LogP contribution in [0.4, 0.5) is 0 Å². The highest BCUT2D eigenvalue weighted by molar-refractivity contribution is 5.25. The molecular formula is C17H27NO. The van der Waals surface area contributed by atoms with E-state index in [1.54, 1.807) is 0 Å². The van der Waals surface area contributed by atoms with E-state index in [1.165, 1.54) is 24.0 Å². The zero-order chi connectivity index (χ0) is 13.7. The molecule has 2 atom stereocenters. The number of benzene rings is 1. The molecule has 0 bridgehead atoms. The van der Waals surface area contributed by atoms with Gasteiger partial charge in [-0.3, -0.25) is 0 Å². The lowest BCUT2D eigenvalue weighted by atomic mass is 9.96. The van der Waals surface area contributed by atoms with Crippen molar-refractivity contribution in [1.29, 1.82) is 0 Å². The Balaban J connectivity index is 2.04. The van der Waals surface area contributed by atoms with Crippen LogP contribution in [0.15, 0.2) is 24.3 Å². The minimum atomic E-state index is -0.0141. The maximum absolute atomic E-state index is 6.34. The van der Waals surface area contributed by atoms with E-state index in [-0.39, 0.29) is 11.7 Å². The largest absolute Gasteiger partial charge is 0.365 e. The number of hydrogen-bond donors (Lipinski definition) is 1. The second kappa shape index (κ2) is 6.53. The first kappa shape index (κ1) is 14.5. The van der Waals surface area contributed by atoms with Gasteiger partial charge in [0.2, 0.25) is 0 Å². The molecule has 1 heterocycles. The highest BCUT2D eigenvalue weighted by Gasteiger charge is 2.32. The van der Waals surface area contributed by atoms with E-state index in [4.69, 9.17) is 4.74 Å². The normalized spacial score (nSPS) is 27.4. The van der Waals surface area contributed by atoms with E-state index in [0.717, 1.165) is 25.9 Å². The highest BCUT2D eigenvalue weighted by Crippen LogP contribution is 2.30. The van der Waals surface area contributed by atoms with Gasteiger partial charge in [0.1, 0.15) is 0 Å². The van der Waals surface area contributed by atoms with Crippen molar-refractivity contribution in [3.63, 3.8) is 0 Å². The maximum atomic E-state index is 6.34. The van der Waals surface area contributed by atoms with Crippen molar-refractivity contribution in [2.24, 2.45) is 0 Å². The standard InChI is InChI=1S/C17H27NO/c1-4-6-14-7-9-15(10-8-14)16-12-18-13-17(3,19-16)11-5-2/h7-10,16,18H,4-6,11-13H2,1-3H3. The summed E-state index contributed by atoms with van der Waals surface area (Å²) in [7, 11) is 0. The van der Waals surface area contributed by atoms with Gasteiger partial charge in [0, 0.05) is 13.1 Å². The molecule has 0 aliphatic carbocycles. The Kier molecular flexibility index (Phi) is 5.00. The minimum absolute atomic E-state index is 0.0141. The average molecular weight is 261 g/mol. The third kappa shape index (κ3) is 3.80. The molecule has 1 aliphatic heterocycles. The molecule has 2 unspecified atom stereocenters. The number of rotatable bonds is 5. The second-order valence-electron chi connectivity index (χ2n) is 5.93. The van der Waals surface area contributed by atoms with Gasteiger partial charge in [-0.05, 0) is 30.9 Å². The minimum Gasteiger partial charge on any atom is -0.365 e. The first-order valence-electron chi connectivity index (χ1n) is 7.64. The zero-order valence-electron chi connectivity index (χ0n) is 12.5. The SMILES string of the molecule is CCCc1ccc(C2CNCC(C)(CCC)O2)cc1. The van der Waals surface area contributed by atoms with Gasteiger partial charge in [0.25, 0.3) is 0 Å². The quantitative estimate of drug-likeness (QED) is 0.869. The lowest BCUT2D eigenvalue weighted by molar-refractivity contribution is -0.112. The molecule has 19 heavy (non-hydrogen) atoms. The lowest BCUT2D eigenvalue weighted by Crippen LogP contribution is -2.48. The first-order chi connectivity index (χ1) is 9.17. The predicted octanol–water partition coefficient (Wildman–Crippen LogP) is 3.86. The summed E-state index contributed by atoms with van der Waals surface area (Å²) in [4.78, 5) is 0. The second-order valence-corrected chi connectivity index (χ2v) is 5.93. The van der Waals surface area contributed by atoms with Crippen LogP contribution in [0.5, 0.6) is 0 Å². The van der Waals surface area contributed by atoms with Crippen LogP contribution in [-0.4, -0.2) is 18.7 Å². The van der Waals surface area contributed by atoms with E-state index in [9.17, 15) is 0 Å². The van der Waals surface area contributed by atoms with Gasteiger partial charge in [0.15, 0.2) is 0 Å². The van der Waals surface area contributed by atoms with Crippen LogP contribution < -0.4 is 5.32 Å². The van der Waals surface area contributed by atoms with E-state index < -0.39 is 0 Å². The number of morpholine rings is 1. The average Bonchev–Trinajstić information content (AvgIpc) is 2.40. The molecule has 106 valence electrons. The molecule has 0 amide bonds. The molecule has 1 saturated heterocycles. The van der Waals surface area contributed by atoms with Crippen molar-refractivity contribution in [2.45, 2.75) is 58.2 Å². The van der Waals surface area contributed by atoms with Gasteiger partial charge >= 0.3 is 0 Å². The molecular weight excluding hydrogens is 234 g/mol. The molecule has 2 nitrogen and oxygen atoms in total. The van der Waals surface area contributed by atoms with Crippen LogP contribution >= 0.6 is 0 Å². The summed E-state index contributed by atoms with van der Waals surface area (Å²) < 4.78 is 6.34. The zero-order valence-corrected chi connectivity index (χ0v) is 12.5. The summed E-state index contributed by atoms with van der Waals surface area (Å²) in [5, 5.41) is 3.52. The van der Waals surface area contributed by atoms with Crippen molar-refractivity contribution in [3.05, 3.63) is 35.4 Å². The van der Waals surface area contributed by atoms with Crippen LogP contribution in [0.2, 0.25) is 0 Å². The van der Waals surface area contributed by atoms with Crippen LogP contribution in [0.3, 0.4) is 0 Å².